The van der Waals surface area contributed by atoms with E-state index in [0.717, 1.165) is 11.1 Å². The van der Waals surface area contributed by atoms with Gasteiger partial charge in [0.15, 0.2) is 5.78 Å². The van der Waals surface area contributed by atoms with Gasteiger partial charge in [0, 0.05) is 37.2 Å². The summed E-state index contributed by atoms with van der Waals surface area (Å²) in [5.74, 6) is -0.525. The molecule has 1 aliphatic rings. The van der Waals surface area contributed by atoms with Gasteiger partial charge in [0.25, 0.3) is 0 Å². The van der Waals surface area contributed by atoms with E-state index in [4.69, 9.17) is 4.74 Å². The Hall–Kier alpha value is -3.51. The number of amides is 1. The molecule has 0 saturated carbocycles. The number of Topliss-reactive ketones (excluding diaryl/α,β-unsaturated/α-hetero) is 1. The van der Waals surface area contributed by atoms with Crippen LogP contribution < -0.4 is 0 Å². The van der Waals surface area contributed by atoms with Gasteiger partial charge >= 0.3 is 5.97 Å². The number of aryl methyl sites for hydroxylation is 1. The molecule has 1 fully saturated rings. The zero-order valence-corrected chi connectivity index (χ0v) is 19.6. The average molecular weight is 447 g/mol. The van der Waals surface area contributed by atoms with Crippen LogP contribution in [0.25, 0.3) is 12.2 Å². The van der Waals surface area contributed by atoms with E-state index in [1.165, 1.54) is 7.11 Å². The fourth-order valence-corrected chi connectivity index (χ4v) is 3.73. The highest BCUT2D eigenvalue weighted by molar-refractivity contribution is 6.15. The van der Waals surface area contributed by atoms with Gasteiger partial charge in [0.05, 0.1) is 12.7 Å². The Balaban J connectivity index is 1.97. The van der Waals surface area contributed by atoms with Crippen LogP contribution in [-0.4, -0.2) is 68.3 Å². The summed E-state index contributed by atoms with van der Waals surface area (Å²) in [4.78, 5) is 41.9. The molecule has 0 N–H and O–H groups in total. The van der Waals surface area contributed by atoms with E-state index in [2.05, 4.69) is 0 Å². The van der Waals surface area contributed by atoms with Crippen molar-refractivity contribution in [1.82, 2.24) is 9.80 Å². The maximum atomic E-state index is 13.4. The highest BCUT2D eigenvalue weighted by Gasteiger charge is 2.29. The molecule has 1 aliphatic heterocycles. The van der Waals surface area contributed by atoms with Gasteiger partial charge in [-0.15, -0.1) is 0 Å². The minimum absolute atomic E-state index is 0.000513. The number of methoxy groups -OCH3 is 1. The molecule has 0 bridgehead atoms. The minimum atomic E-state index is -0.439. The third kappa shape index (κ3) is 6.49. The monoisotopic (exact) mass is 446 g/mol. The molecule has 1 heterocycles. The Morgan fingerprint density at radius 1 is 1.00 bits per heavy atom. The molecule has 0 unspecified atom stereocenters. The lowest BCUT2D eigenvalue weighted by Crippen LogP contribution is -2.42. The molecule has 2 aromatic rings. The van der Waals surface area contributed by atoms with Crippen molar-refractivity contribution in [3.05, 3.63) is 81.9 Å². The van der Waals surface area contributed by atoms with Crippen molar-refractivity contribution in [2.75, 3.05) is 40.8 Å². The van der Waals surface area contributed by atoms with Crippen molar-refractivity contribution in [3.63, 3.8) is 0 Å². The van der Waals surface area contributed by atoms with Gasteiger partial charge < -0.3 is 14.5 Å². The first-order valence-electron chi connectivity index (χ1n) is 10.9. The number of rotatable bonds is 6. The van der Waals surface area contributed by atoms with Gasteiger partial charge in [0.1, 0.15) is 0 Å². The molecule has 0 spiro atoms. The van der Waals surface area contributed by atoms with Crippen LogP contribution in [-0.2, 0) is 14.3 Å². The first-order valence-corrected chi connectivity index (χ1v) is 10.9. The van der Waals surface area contributed by atoms with E-state index in [-0.39, 0.29) is 24.8 Å². The first kappa shape index (κ1) is 24.1. The summed E-state index contributed by atoms with van der Waals surface area (Å²) < 4.78 is 4.80. The summed E-state index contributed by atoms with van der Waals surface area (Å²) in [5.41, 5.74) is 4.22. The Bertz CT molecular complexity index is 1110. The van der Waals surface area contributed by atoms with Crippen LogP contribution in [0.5, 0.6) is 0 Å². The van der Waals surface area contributed by atoms with Crippen LogP contribution in [0.1, 0.15) is 33.5 Å². The molecule has 172 valence electrons. The molecule has 3 rings (SSSR count). The average Bonchev–Trinajstić information content (AvgIpc) is 2.79. The molecule has 0 aromatic heterocycles. The van der Waals surface area contributed by atoms with Crippen molar-refractivity contribution in [2.24, 2.45) is 0 Å². The van der Waals surface area contributed by atoms with Gasteiger partial charge in [-0.3, -0.25) is 9.59 Å². The summed E-state index contributed by atoms with van der Waals surface area (Å²) in [7, 11) is 5.18. The van der Waals surface area contributed by atoms with Crippen molar-refractivity contribution in [3.8, 4) is 0 Å². The van der Waals surface area contributed by atoms with Crippen LogP contribution in [0.15, 0.2) is 59.7 Å². The number of carbonyl (C=O) groups is 3. The number of likely N-dealkylation sites (tertiary alicyclic amines) is 1. The number of ether oxygens (including phenoxy) is 1. The fourth-order valence-electron chi connectivity index (χ4n) is 3.73. The molecule has 1 saturated heterocycles. The Kier molecular flexibility index (Phi) is 7.96. The highest BCUT2D eigenvalue weighted by Crippen LogP contribution is 2.23. The lowest BCUT2D eigenvalue weighted by Gasteiger charge is -2.30. The SMILES string of the molecule is COC(=O)c1cccc(/C=C2\CN(C(=O)CCN(C)C)C/C(=C\c3cccc(C)c3)C2=O)c1. The third-order valence-electron chi connectivity index (χ3n) is 5.46. The van der Waals surface area contributed by atoms with Crippen LogP contribution in [0.4, 0.5) is 0 Å². The predicted molar refractivity (Wildman–Crippen MR) is 130 cm³/mol. The number of hydrogen-bond donors (Lipinski definition) is 0. The summed E-state index contributed by atoms with van der Waals surface area (Å²) in [5, 5.41) is 0. The molecule has 33 heavy (non-hydrogen) atoms. The second-order valence-corrected chi connectivity index (χ2v) is 8.50. The third-order valence-corrected chi connectivity index (χ3v) is 5.46. The molecular weight excluding hydrogens is 416 g/mol. The standard InChI is InChI=1S/C27H30N2O4/c1-19-7-5-8-20(13-19)15-23-17-29(25(30)11-12-28(2)3)18-24(26(23)31)16-21-9-6-10-22(14-21)27(32)33-4/h5-10,13-16H,11-12,17-18H2,1-4H3/b23-15+,24-16+. The van der Waals surface area contributed by atoms with Gasteiger partial charge in [-0.2, -0.15) is 0 Å². The van der Waals surface area contributed by atoms with E-state index in [1.54, 1.807) is 29.2 Å². The number of esters is 1. The van der Waals surface area contributed by atoms with Gasteiger partial charge in [-0.1, -0.05) is 42.0 Å². The number of nitrogens with zero attached hydrogens (tertiary/aromatic N) is 2. The summed E-state index contributed by atoms with van der Waals surface area (Å²) in [6.45, 7) is 3.15. The molecule has 1 amide bonds. The largest absolute Gasteiger partial charge is 0.465 e. The van der Waals surface area contributed by atoms with Gasteiger partial charge in [-0.25, -0.2) is 4.79 Å². The van der Waals surface area contributed by atoms with Crippen molar-refractivity contribution < 1.29 is 19.1 Å². The molecule has 0 radical (unpaired) electrons. The predicted octanol–water partition coefficient (Wildman–Crippen LogP) is 3.61. The normalized spacial score (nSPS) is 16.5. The number of hydrogen-bond acceptors (Lipinski definition) is 5. The lowest BCUT2D eigenvalue weighted by molar-refractivity contribution is -0.131. The summed E-state index contributed by atoms with van der Waals surface area (Å²) in [6.07, 6.45) is 3.99. The van der Waals surface area contributed by atoms with Gasteiger partial charge in [-0.05, 0) is 56.4 Å². The molecule has 6 nitrogen and oxygen atoms in total. The summed E-state index contributed by atoms with van der Waals surface area (Å²) in [6, 6.07) is 14.8. The topological polar surface area (TPSA) is 66.9 Å². The van der Waals surface area contributed by atoms with E-state index in [0.29, 0.717) is 35.2 Å². The fraction of sp³-hybridized carbons (Fsp3) is 0.296. The zero-order valence-electron chi connectivity index (χ0n) is 19.6. The number of ketones is 1. The van der Waals surface area contributed by atoms with Crippen LogP contribution in [0, 0.1) is 6.92 Å². The van der Waals surface area contributed by atoms with E-state index < -0.39 is 5.97 Å². The second kappa shape index (κ2) is 10.9. The van der Waals surface area contributed by atoms with E-state index in [1.807, 2.05) is 62.3 Å². The van der Waals surface area contributed by atoms with Crippen molar-refractivity contribution in [1.29, 1.82) is 0 Å². The Morgan fingerprint density at radius 3 is 2.18 bits per heavy atom. The van der Waals surface area contributed by atoms with Gasteiger partial charge in [0.2, 0.25) is 5.91 Å². The quantitative estimate of drug-likeness (QED) is 0.501. The zero-order chi connectivity index (χ0) is 24.0. The number of benzene rings is 2. The maximum absolute atomic E-state index is 13.4. The second-order valence-electron chi connectivity index (χ2n) is 8.50. The van der Waals surface area contributed by atoms with Crippen LogP contribution in [0.2, 0.25) is 0 Å². The van der Waals surface area contributed by atoms with Crippen molar-refractivity contribution in [2.45, 2.75) is 13.3 Å². The minimum Gasteiger partial charge on any atom is -0.465 e. The number of carbonyl (C=O) groups excluding carboxylic acids is 3. The molecule has 6 heteroatoms. The lowest BCUT2D eigenvalue weighted by atomic mass is 9.93. The van der Waals surface area contributed by atoms with Crippen LogP contribution >= 0.6 is 0 Å². The molecule has 2 aromatic carbocycles. The smallest absolute Gasteiger partial charge is 0.337 e. The molecular formula is C27H30N2O4. The van der Waals surface area contributed by atoms with E-state index >= 15 is 0 Å². The van der Waals surface area contributed by atoms with E-state index in [9.17, 15) is 14.4 Å². The first-order chi connectivity index (χ1) is 15.8. The molecule has 0 atom stereocenters. The highest BCUT2D eigenvalue weighted by atomic mass is 16.5. The van der Waals surface area contributed by atoms with Crippen molar-refractivity contribution >= 4 is 29.8 Å². The summed E-state index contributed by atoms with van der Waals surface area (Å²) >= 11 is 0. The Labute approximate surface area is 195 Å². The van der Waals surface area contributed by atoms with Crippen LogP contribution in [0.3, 0.4) is 0 Å². The number of piperidine rings is 1. The molecule has 0 aliphatic carbocycles. The Morgan fingerprint density at radius 2 is 1.61 bits per heavy atom. The maximum Gasteiger partial charge on any atom is 0.337 e.